The maximum Gasteiger partial charge on any atom is 0.103 e. The van der Waals surface area contributed by atoms with Crippen LogP contribution < -0.4 is 16.0 Å². The summed E-state index contributed by atoms with van der Waals surface area (Å²) in [4.78, 5) is 0. The number of allylic oxidation sites excluding steroid dienone is 3. The predicted octanol–water partition coefficient (Wildman–Crippen LogP) is 0.821. The van der Waals surface area contributed by atoms with Crippen LogP contribution in [-0.2, 0) is 0 Å². The Labute approximate surface area is 84.6 Å². The van der Waals surface area contributed by atoms with Crippen molar-refractivity contribution in [3.63, 3.8) is 0 Å². The Morgan fingerprint density at radius 1 is 1.36 bits per heavy atom. The molecule has 1 saturated heterocycles. The van der Waals surface area contributed by atoms with Gasteiger partial charge in [0.25, 0.3) is 0 Å². The van der Waals surface area contributed by atoms with Gasteiger partial charge in [-0.2, -0.15) is 0 Å². The van der Waals surface area contributed by atoms with Gasteiger partial charge in [0, 0.05) is 18.3 Å². The van der Waals surface area contributed by atoms with E-state index in [9.17, 15) is 0 Å². The van der Waals surface area contributed by atoms with Gasteiger partial charge < -0.3 is 16.0 Å². The Balaban J connectivity index is 1.70. The second-order valence-electron chi connectivity index (χ2n) is 4.37. The lowest BCUT2D eigenvalue weighted by atomic mass is 9.94. The molecule has 4 aliphatic rings. The van der Waals surface area contributed by atoms with Crippen molar-refractivity contribution in [2.24, 2.45) is 0 Å². The van der Waals surface area contributed by atoms with Crippen LogP contribution in [0.1, 0.15) is 25.7 Å². The minimum absolute atomic E-state index is 0.630. The van der Waals surface area contributed by atoms with Gasteiger partial charge in [0.05, 0.1) is 0 Å². The Kier molecular flexibility index (Phi) is 1.98. The minimum Gasteiger partial charge on any atom is -0.368 e. The molecule has 0 aromatic heterocycles. The van der Waals surface area contributed by atoms with Crippen molar-refractivity contribution in [3.8, 4) is 0 Å². The van der Waals surface area contributed by atoms with E-state index in [1.807, 2.05) is 0 Å². The van der Waals surface area contributed by atoms with Gasteiger partial charge in [0.2, 0.25) is 0 Å². The van der Waals surface area contributed by atoms with Crippen molar-refractivity contribution < 1.29 is 0 Å². The fourth-order valence-corrected chi connectivity index (χ4v) is 2.45. The van der Waals surface area contributed by atoms with E-state index in [4.69, 9.17) is 0 Å². The molecule has 3 heteroatoms. The summed E-state index contributed by atoms with van der Waals surface area (Å²) in [5, 5.41) is 10.5. The van der Waals surface area contributed by atoms with Gasteiger partial charge in [-0.15, -0.1) is 0 Å². The van der Waals surface area contributed by atoms with Crippen LogP contribution in [0.15, 0.2) is 23.2 Å². The molecule has 0 radical (unpaired) electrons. The molecule has 1 fully saturated rings. The SMILES string of the molecule is C1=C2CCC(=C(NC3CCNC3)N2)C1. The summed E-state index contributed by atoms with van der Waals surface area (Å²) in [5.41, 5.74) is 2.97. The van der Waals surface area contributed by atoms with Crippen LogP contribution in [0.3, 0.4) is 0 Å². The van der Waals surface area contributed by atoms with Crippen LogP contribution in [-0.4, -0.2) is 19.1 Å². The maximum absolute atomic E-state index is 3.61. The smallest absolute Gasteiger partial charge is 0.103 e. The van der Waals surface area contributed by atoms with E-state index in [-0.39, 0.29) is 0 Å². The molecule has 0 saturated carbocycles. The standard InChI is InChI=1S/C11H17N3/c1-3-9-4-2-8(1)11(13-9)14-10-5-6-12-7-10/h3,10,12-14H,1-2,4-7H2. The zero-order chi connectivity index (χ0) is 9.38. The first kappa shape index (κ1) is 8.36. The molecule has 3 N–H and O–H groups in total. The third-order valence-electron chi connectivity index (χ3n) is 3.34. The molecular weight excluding hydrogens is 174 g/mol. The lowest BCUT2D eigenvalue weighted by Gasteiger charge is -2.31. The van der Waals surface area contributed by atoms with Gasteiger partial charge in [-0.25, -0.2) is 0 Å². The Morgan fingerprint density at radius 3 is 2.93 bits per heavy atom. The van der Waals surface area contributed by atoms with Crippen LogP contribution in [0, 0.1) is 0 Å². The molecule has 1 aliphatic carbocycles. The monoisotopic (exact) mass is 191 g/mol. The molecule has 2 bridgehead atoms. The van der Waals surface area contributed by atoms with Crippen LogP contribution >= 0.6 is 0 Å². The van der Waals surface area contributed by atoms with Gasteiger partial charge >= 0.3 is 0 Å². The van der Waals surface area contributed by atoms with Crippen LogP contribution in [0.25, 0.3) is 0 Å². The van der Waals surface area contributed by atoms with E-state index in [1.165, 1.54) is 30.8 Å². The fraction of sp³-hybridized carbons (Fsp3) is 0.636. The average molecular weight is 191 g/mol. The summed E-state index contributed by atoms with van der Waals surface area (Å²) in [6, 6.07) is 0.630. The van der Waals surface area contributed by atoms with E-state index in [2.05, 4.69) is 22.0 Å². The van der Waals surface area contributed by atoms with Gasteiger partial charge in [-0.05, 0) is 37.8 Å². The highest BCUT2D eigenvalue weighted by Gasteiger charge is 2.22. The summed E-state index contributed by atoms with van der Waals surface area (Å²) in [6.45, 7) is 2.26. The molecule has 1 atom stereocenters. The molecule has 3 aliphatic heterocycles. The van der Waals surface area contributed by atoms with E-state index in [1.54, 1.807) is 5.57 Å². The third-order valence-corrected chi connectivity index (χ3v) is 3.34. The number of nitrogens with one attached hydrogen (secondary N) is 3. The molecule has 0 aromatic carbocycles. The minimum atomic E-state index is 0.630. The highest BCUT2D eigenvalue weighted by molar-refractivity contribution is 5.31. The largest absolute Gasteiger partial charge is 0.368 e. The second-order valence-corrected chi connectivity index (χ2v) is 4.37. The van der Waals surface area contributed by atoms with Crippen LogP contribution in [0.5, 0.6) is 0 Å². The van der Waals surface area contributed by atoms with E-state index < -0.39 is 0 Å². The number of fused-ring (bicyclic) bond motifs is 3. The molecule has 3 nitrogen and oxygen atoms in total. The summed E-state index contributed by atoms with van der Waals surface area (Å²) >= 11 is 0. The predicted molar refractivity (Wildman–Crippen MR) is 56.5 cm³/mol. The van der Waals surface area contributed by atoms with Crippen molar-refractivity contribution >= 4 is 0 Å². The van der Waals surface area contributed by atoms with Crippen molar-refractivity contribution in [1.29, 1.82) is 0 Å². The Hall–Kier alpha value is -0.960. The summed E-state index contributed by atoms with van der Waals surface area (Å²) in [7, 11) is 0. The fourth-order valence-electron chi connectivity index (χ4n) is 2.45. The molecule has 0 amide bonds. The normalized spacial score (nSPS) is 30.3. The topological polar surface area (TPSA) is 36.1 Å². The zero-order valence-corrected chi connectivity index (χ0v) is 8.40. The van der Waals surface area contributed by atoms with E-state index in [0.717, 1.165) is 19.5 Å². The quantitative estimate of drug-likeness (QED) is 0.605. The zero-order valence-electron chi connectivity index (χ0n) is 8.40. The lowest BCUT2D eigenvalue weighted by molar-refractivity contribution is 0.547. The molecule has 1 unspecified atom stereocenters. The molecular formula is C11H17N3. The van der Waals surface area contributed by atoms with Gasteiger partial charge in [0.15, 0.2) is 0 Å². The molecule has 76 valence electrons. The van der Waals surface area contributed by atoms with Gasteiger partial charge in [0.1, 0.15) is 5.82 Å². The highest BCUT2D eigenvalue weighted by atomic mass is 15.2. The number of hydrogen-bond donors (Lipinski definition) is 3. The maximum atomic E-state index is 3.61. The Morgan fingerprint density at radius 2 is 2.36 bits per heavy atom. The third kappa shape index (κ3) is 1.42. The first-order valence-electron chi connectivity index (χ1n) is 5.57. The van der Waals surface area contributed by atoms with Crippen molar-refractivity contribution in [1.82, 2.24) is 16.0 Å². The average Bonchev–Trinajstić information content (AvgIpc) is 2.72. The highest BCUT2D eigenvalue weighted by Crippen LogP contribution is 2.28. The van der Waals surface area contributed by atoms with Gasteiger partial charge in [-0.3, -0.25) is 0 Å². The van der Waals surface area contributed by atoms with Crippen molar-refractivity contribution in [2.75, 3.05) is 13.1 Å². The van der Waals surface area contributed by atoms with Gasteiger partial charge in [-0.1, -0.05) is 6.08 Å². The number of rotatable bonds is 2. The summed E-state index contributed by atoms with van der Waals surface area (Å²) in [6.07, 6.45) is 7.18. The van der Waals surface area contributed by atoms with Crippen molar-refractivity contribution in [3.05, 3.63) is 23.2 Å². The van der Waals surface area contributed by atoms with Crippen LogP contribution in [0.2, 0.25) is 0 Å². The van der Waals surface area contributed by atoms with Crippen molar-refractivity contribution in [2.45, 2.75) is 31.7 Å². The first-order chi connectivity index (χ1) is 6.92. The Bertz CT molecular complexity index is 298. The number of hydrogen-bond acceptors (Lipinski definition) is 3. The first-order valence-corrected chi connectivity index (χ1v) is 5.57. The molecule has 4 rings (SSSR count). The number of dihydropyridines is 1. The van der Waals surface area contributed by atoms with E-state index >= 15 is 0 Å². The molecule has 3 heterocycles. The van der Waals surface area contributed by atoms with Crippen LogP contribution in [0.4, 0.5) is 0 Å². The summed E-state index contributed by atoms with van der Waals surface area (Å²) in [5.74, 6) is 1.31. The van der Waals surface area contributed by atoms with E-state index in [0.29, 0.717) is 6.04 Å². The molecule has 0 spiro atoms. The summed E-state index contributed by atoms with van der Waals surface area (Å²) < 4.78 is 0. The second kappa shape index (κ2) is 3.31. The molecule has 14 heavy (non-hydrogen) atoms. The molecule has 0 aromatic rings. The lowest BCUT2D eigenvalue weighted by Crippen LogP contribution is -2.39.